The van der Waals surface area contributed by atoms with Crippen molar-refractivity contribution in [3.8, 4) is 0 Å². The van der Waals surface area contributed by atoms with Crippen molar-refractivity contribution in [3.63, 3.8) is 0 Å². The molecular formula is C8H9N2. The first-order chi connectivity index (χ1) is 4.88. The zero-order valence-corrected chi connectivity index (χ0v) is 5.96. The zero-order chi connectivity index (χ0) is 6.97. The lowest BCUT2D eigenvalue weighted by atomic mass is 10.1. The second kappa shape index (κ2) is 2.04. The fourth-order valence-electron chi connectivity index (χ4n) is 1.46. The molecular weight excluding hydrogens is 124 g/mol. The fraction of sp³-hybridized carbons (Fsp3) is 0.500. The molecule has 0 saturated carbocycles. The van der Waals surface area contributed by atoms with Gasteiger partial charge in [-0.2, -0.15) is 0 Å². The van der Waals surface area contributed by atoms with Crippen LogP contribution in [-0.2, 0) is 6.42 Å². The summed E-state index contributed by atoms with van der Waals surface area (Å²) in [5.74, 6) is 0.620. The highest BCUT2D eigenvalue weighted by Gasteiger charge is 2.19. The first-order valence-corrected chi connectivity index (χ1v) is 3.60. The van der Waals surface area contributed by atoms with Crippen LogP contribution in [0.2, 0.25) is 0 Å². The summed E-state index contributed by atoms with van der Waals surface area (Å²) < 4.78 is 0. The molecule has 0 aromatic carbocycles. The summed E-state index contributed by atoms with van der Waals surface area (Å²) in [5, 5.41) is 0. The third kappa shape index (κ3) is 0.719. The van der Waals surface area contributed by atoms with Crippen LogP contribution in [0.4, 0.5) is 0 Å². The first-order valence-electron chi connectivity index (χ1n) is 3.60. The highest BCUT2D eigenvalue weighted by atomic mass is 14.8. The van der Waals surface area contributed by atoms with Crippen LogP contribution in [0.5, 0.6) is 0 Å². The fourth-order valence-corrected chi connectivity index (χ4v) is 1.46. The average molecular weight is 133 g/mol. The summed E-state index contributed by atoms with van der Waals surface area (Å²) in [6, 6.07) is 0. The van der Waals surface area contributed by atoms with Crippen LogP contribution in [0.3, 0.4) is 0 Å². The number of fused-ring (bicyclic) bond motifs is 1. The normalized spacial score (nSPS) is 22.7. The summed E-state index contributed by atoms with van der Waals surface area (Å²) in [7, 11) is 0. The number of aryl methyl sites for hydroxylation is 1. The molecule has 2 nitrogen and oxygen atoms in total. The van der Waals surface area contributed by atoms with Crippen molar-refractivity contribution in [2.45, 2.75) is 25.7 Å². The maximum absolute atomic E-state index is 4.10. The summed E-state index contributed by atoms with van der Waals surface area (Å²) >= 11 is 0. The minimum Gasteiger partial charge on any atom is -0.233 e. The Morgan fingerprint density at radius 1 is 1.70 bits per heavy atom. The van der Waals surface area contributed by atoms with Gasteiger partial charge in [-0.1, -0.05) is 6.92 Å². The quantitative estimate of drug-likeness (QED) is 0.533. The van der Waals surface area contributed by atoms with Gasteiger partial charge >= 0.3 is 0 Å². The van der Waals surface area contributed by atoms with Crippen molar-refractivity contribution in [2.75, 3.05) is 0 Å². The Morgan fingerprint density at radius 2 is 2.60 bits per heavy atom. The van der Waals surface area contributed by atoms with Gasteiger partial charge in [-0.05, 0) is 24.3 Å². The summed E-state index contributed by atoms with van der Waals surface area (Å²) in [6.45, 7) is 2.20. The van der Waals surface area contributed by atoms with E-state index in [1.165, 1.54) is 17.7 Å². The Balaban J connectivity index is 2.51. The topological polar surface area (TPSA) is 25.8 Å². The van der Waals surface area contributed by atoms with Crippen LogP contribution in [0.15, 0.2) is 6.20 Å². The van der Waals surface area contributed by atoms with E-state index in [-0.39, 0.29) is 0 Å². The van der Waals surface area contributed by atoms with Gasteiger partial charge in [-0.15, -0.1) is 0 Å². The molecule has 0 aliphatic heterocycles. The Morgan fingerprint density at radius 3 is 3.40 bits per heavy atom. The van der Waals surface area contributed by atoms with Crippen molar-refractivity contribution >= 4 is 0 Å². The van der Waals surface area contributed by atoms with Gasteiger partial charge in [0.1, 0.15) is 0 Å². The Kier molecular flexibility index (Phi) is 1.19. The van der Waals surface area contributed by atoms with Crippen LogP contribution >= 0.6 is 0 Å². The molecule has 0 N–H and O–H groups in total. The molecule has 1 aliphatic carbocycles. The lowest BCUT2D eigenvalue weighted by Crippen LogP contribution is -1.91. The van der Waals surface area contributed by atoms with E-state index in [1.54, 1.807) is 0 Å². The molecule has 0 amide bonds. The van der Waals surface area contributed by atoms with Crippen molar-refractivity contribution < 1.29 is 0 Å². The standard InChI is InChI=1S/C8H9N2/c1-6-2-3-7-4-9-5-10-8(6)7/h4,6H,2-3H2,1H3. The highest BCUT2D eigenvalue weighted by Crippen LogP contribution is 2.29. The van der Waals surface area contributed by atoms with Gasteiger partial charge in [0.05, 0.1) is 5.69 Å². The minimum atomic E-state index is 0.620. The molecule has 0 fully saturated rings. The van der Waals surface area contributed by atoms with Crippen molar-refractivity contribution in [2.24, 2.45) is 0 Å². The van der Waals surface area contributed by atoms with Crippen LogP contribution in [0, 0.1) is 6.33 Å². The van der Waals surface area contributed by atoms with Gasteiger partial charge in [-0.25, -0.2) is 9.97 Å². The molecule has 51 valence electrons. The molecule has 2 rings (SSSR count). The molecule has 0 saturated heterocycles. The molecule has 2 heteroatoms. The van der Waals surface area contributed by atoms with Crippen molar-refractivity contribution in [3.05, 3.63) is 23.8 Å². The lowest BCUT2D eigenvalue weighted by Gasteiger charge is -1.98. The second-order valence-electron chi connectivity index (χ2n) is 2.82. The van der Waals surface area contributed by atoms with Crippen LogP contribution in [0.25, 0.3) is 0 Å². The molecule has 1 aromatic rings. The Labute approximate surface area is 60.3 Å². The van der Waals surface area contributed by atoms with Crippen LogP contribution < -0.4 is 0 Å². The minimum absolute atomic E-state index is 0.620. The molecule has 1 aromatic heterocycles. The van der Waals surface area contributed by atoms with Crippen molar-refractivity contribution in [1.82, 2.24) is 9.97 Å². The molecule has 1 unspecified atom stereocenters. The molecule has 0 spiro atoms. The third-order valence-corrected chi connectivity index (χ3v) is 2.09. The molecule has 1 heterocycles. The highest BCUT2D eigenvalue weighted by molar-refractivity contribution is 5.24. The Hall–Kier alpha value is -0.920. The lowest BCUT2D eigenvalue weighted by molar-refractivity contribution is 0.730. The number of hydrogen-bond donors (Lipinski definition) is 0. The SMILES string of the molecule is CC1CCc2cn[c]nc21. The van der Waals surface area contributed by atoms with Gasteiger partial charge in [0, 0.05) is 6.20 Å². The van der Waals surface area contributed by atoms with Crippen LogP contribution in [-0.4, -0.2) is 9.97 Å². The van der Waals surface area contributed by atoms with Gasteiger partial charge in [0.15, 0.2) is 6.33 Å². The smallest absolute Gasteiger partial charge is 0.197 e. The monoisotopic (exact) mass is 133 g/mol. The number of hydrogen-bond acceptors (Lipinski definition) is 2. The van der Waals surface area contributed by atoms with E-state index < -0.39 is 0 Å². The molecule has 1 radical (unpaired) electrons. The summed E-state index contributed by atoms with van der Waals surface area (Å²) in [6.07, 6.45) is 6.87. The first kappa shape index (κ1) is 5.83. The van der Waals surface area contributed by atoms with E-state index in [0.29, 0.717) is 5.92 Å². The van der Waals surface area contributed by atoms with E-state index in [1.807, 2.05) is 6.20 Å². The molecule has 1 atom stereocenters. The number of aromatic nitrogens is 2. The number of rotatable bonds is 0. The van der Waals surface area contributed by atoms with Gasteiger partial charge in [-0.3, -0.25) is 0 Å². The Bertz CT molecular complexity index is 245. The second-order valence-corrected chi connectivity index (χ2v) is 2.82. The zero-order valence-electron chi connectivity index (χ0n) is 5.96. The van der Waals surface area contributed by atoms with Crippen molar-refractivity contribution in [1.29, 1.82) is 0 Å². The van der Waals surface area contributed by atoms with E-state index >= 15 is 0 Å². The summed E-state index contributed by atoms with van der Waals surface area (Å²) in [5.41, 5.74) is 2.52. The van der Waals surface area contributed by atoms with E-state index in [0.717, 1.165) is 6.42 Å². The van der Waals surface area contributed by atoms with Crippen LogP contribution in [0.1, 0.15) is 30.5 Å². The molecule has 1 aliphatic rings. The van der Waals surface area contributed by atoms with Gasteiger partial charge in [0.25, 0.3) is 0 Å². The molecule has 0 bridgehead atoms. The largest absolute Gasteiger partial charge is 0.233 e. The maximum Gasteiger partial charge on any atom is 0.197 e. The average Bonchev–Trinajstić information content (AvgIpc) is 2.34. The molecule has 10 heavy (non-hydrogen) atoms. The van der Waals surface area contributed by atoms with E-state index in [2.05, 4.69) is 23.2 Å². The van der Waals surface area contributed by atoms with E-state index in [4.69, 9.17) is 0 Å². The maximum atomic E-state index is 4.10. The predicted octanol–water partition coefficient (Wildman–Crippen LogP) is 1.33. The summed E-state index contributed by atoms with van der Waals surface area (Å²) in [4.78, 5) is 7.96. The number of nitrogens with zero attached hydrogens (tertiary/aromatic N) is 2. The van der Waals surface area contributed by atoms with Gasteiger partial charge in [0.2, 0.25) is 0 Å². The van der Waals surface area contributed by atoms with Gasteiger partial charge < -0.3 is 0 Å². The van der Waals surface area contributed by atoms with E-state index in [9.17, 15) is 0 Å². The predicted molar refractivity (Wildman–Crippen MR) is 37.6 cm³/mol. The third-order valence-electron chi connectivity index (χ3n) is 2.09.